The van der Waals surface area contributed by atoms with Crippen LogP contribution in [0.15, 0.2) is 59.4 Å². The molecular formula is C22H18ClN5O4S2. The molecule has 0 saturated heterocycles. The van der Waals surface area contributed by atoms with E-state index >= 15 is 0 Å². The average Bonchev–Trinajstić information content (AvgIpc) is 3.52. The van der Waals surface area contributed by atoms with Gasteiger partial charge in [0.15, 0.2) is 5.11 Å². The van der Waals surface area contributed by atoms with Crippen LogP contribution in [0.2, 0.25) is 5.02 Å². The standard InChI is InChI=1S/C22H18ClN5O4S2/c1-30-17-10-18(31-2)16(9-15(17)23)26-22(33)25-14-5-3-13(4-6-14)24-21(29)20-19(27-28-34-20)12-7-8-32-11-12/h3-11H,1-2H3,(H,24,29)(H2,25,26,33). The molecule has 174 valence electrons. The van der Waals surface area contributed by atoms with E-state index in [2.05, 4.69) is 25.5 Å². The van der Waals surface area contributed by atoms with Gasteiger partial charge >= 0.3 is 0 Å². The Hall–Kier alpha value is -3.67. The van der Waals surface area contributed by atoms with E-state index in [9.17, 15) is 4.79 Å². The molecule has 2 aromatic heterocycles. The Balaban J connectivity index is 1.39. The molecule has 0 radical (unpaired) electrons. The maximum absolute atomic E-state index is 12.7. The lowest BCUT2D eigenvalue weighted by Crippen LogP contribution is -2.19. The molecule has 2 aromatic carbocycles. The van der Waals surface area contributed by atoms with Crippen molar-refractivity contribution in [2.75, 3.05) is 30.2 Å². The van der Waals surface area contributed by atoms with Crippen molar-refractivity contribution in [3.8, 4) is 22.8 Å². The molecule has 12 heteroatoms. The smallest absolute Gasteiger partial charge is 0.269 e. The van der Waals surface area contributed by atoms with Crippen LogP contribution in [0.3, 0.4) is 0 Å². The van der Waals surface area contributed by atoms with Gasteiger partial charge in [-0.2, -0.15) is 0 Å². The van der Waals surface area contributed by atoms with Crippen LogP contribution in [0, 0.1) is 0 Å². The fourth-order valence-electron chi connectivity index (χ4n) is 2.99. The highest BCUT2D eigenvalue weighted by Gasteiger charge is 2.19. The number of halogens is 1. The van der Waals surface area contributed by atoms with Crippen molar-refractivity contribution in [1.29, 1.82) is 0 Å². The maximum Gasteiger partial charge on any atom is 0.269 e. The first-order valence-electron chi connectivity index (χ1n) is 9.74. The number of ether oxygens (including phenoxy) is 2. The molecule has 0 fully saturated rings. The van der Waals surface area contributed by atoms with Crippen LogP contribution < -0.4 is 25.4 Å². The average molecular weight is 516 g/mol. The number of carbonyl (C=O) groups excluding carboxylic acids is 1. The van der Waals surface area contributed by atoms with Crippen LogP contribution in [-0.4, -0.2) is 34.8 Å². The topological polar surface area (TPSA) is 111 Å². The molecule has 0 spiro atoms. The first-order valence-corrected chi connectivity index (χ1v) is 11.3. The lowest BCUT2D eigenvalue weighted by Gasteiger charge is -2.15. The summed E-state index contributed by atoms with van der Waals surface area (Å²) in [5, 5.41) is 13.7. The second kappa shape index (κ2) is 10.5. The first kappa shape index (κ1) is 23.5. The third kappa shape index (κ3) is 5.28. The molecule has 4 aromatic rings. The van der Waals surface area contributed by atoms with Crippen molar-refractivity contribution >= 4 is 63.4 Å². The summed E-state index contributed by atoms with van der Waals surface area (Å²) in [6, 6.07) is 12.1. The molecule has 2 heterocycles. The Morgan fingerprint density at radius 2 is 1.74 bits per heavy atom. The number of anilines is 3. The van der Waals surface area contributed by atoms with E-state index in [0.717, 1.165) is 11.5 Å². The van der Waals surface area contributed by atoms with Crippen molar-refractivity contribution in [2.45, 2.75) is 0 Å². The van der Waals surface area contributed by atoms with Crippen LogP contribution in [0.1, 0.15) is 9.67 Å². The van der Waals surface area contributed by atoms with Crippen molar-refractivity contribution in [2.24, 2.45) is 0 Å². The molecule has 0 unspecified atom stereocenters. The SMILES string of the molecule is COc1cc(OC)c(NC(=S)Nc2ccc(NC(=O)c3snnc3-c3ccoc3)cc2)cc1Cl. The molecule has 0 atom stereocenters. The van der Waals surface area contributed by atoms with Gasteiger partial charge in [0.1, 0.15) is 22.1 Å². The minimum absolute atomic E-state index is 0.312. The zero-order valence-electron chi connectivity index (χ0n) is 17.9. The van der Waals surface area contributed by atoms with Crippen molar-refractivity contribution in [3.63, 3.8) is 0 Å². The van der Waals surface area contributed by atoms with Crippen LogP contribution >= 0.6 is 35.4 Å². The number of benzene rings is 2. The number of carbonyl (C=O) groups is 1. The Labute approximate surface area is 209 Å². The monoisotopic (exact) mass is 515 g/mol. The molecule has 0 aliphatic carbocycles. The van der Waals surface area contributed by atoms with E-state index in [1.165, 1.54) is 26.7 Å². The molecule has 9 nitrogen and oxygen atoms in total. The molecule has 0 aliphatic rings. The number of thiocarbonyl (C=S) groups is 1. The lowest BCUT2D eigenvalue weighted by atomic mass is 10.2. The molecule has 0 aliphatic heterocycles. The Morgan fingerprint density at radius 1 is 1.03 bits per heavy atom. The van der Waals surface area contributed by atoms with Gasteiger partial charge in [-0.15, -0.1) is 5.10 Å². The summed E-state index contributed by atoms with van der Waals surface area (Å²) < 4.78 is 19.5. The minimum atomic E-state index is -0.312. The van der Waals surface area contributed by atoms with Crippen molar-refractivity contribution in [1.82, 2.24) is 9.59 Å². The summed E-state index contributed by atoms with van der Waals surface area (Å²) in [7, 11) is 3.07. The predicted octanol–water partition coefficient (Wildman–Crippen LogP) is 5.53. The van der Waals surface area contributed by atoms with E-state index in [-0.39, 0.29) is 5.91 Å². The van der Waals surface area contributed by atoms with Gasteiger partial charge in [-0.25, -0.2) is 0 Å². The summed E-state index contributed by atoms with van der Waals surface area (Å²) in [6.07, 6.45) is 3.03. The summed E-state index contributed by atoms with van der Waals surface area (Å²) in [4.78, 5) is 13.1. The Bertz CT molecular complexity index is 1310. The van der Waals surface area contributed by atoms with Crippen LogP contribution in [0.4, 0.5) is 17.1 Å². The number of aromatic nitrogens is 2. The van der Waals surface area contributed by atoms with Crippen LogP contribution in [-0.2, 0) is 0 Å². The molecule has 0 saturated carbocycles. The maximum atomic E-state index is 12.7. The van der Waals surface area contributed by atoms with Crippen molar-refractivity contribution in [3.05, 3.63) is 64.9 Å². The summed E-state index contributed by atoms with van der Waals surface area (Å²) in [5.74, 6) is 0.704. The number of amides is 1. The van der Waals surface area contributed by atoms with Gasteiger partial charge in [0.05, 0.1) is 37.5 Å². The molecule has 3 N–H and O–H groups in total. The van der Waals surface area contributed by atoms with Gasteiger partial charge in [-0.05, 0) is 60.1 Å². The van der Waals surface area contributed by atoms with E-state index < -0.39 is 0 Å². The number of methoxy groups -OCH3 is 2. The number of rotatable bonds is 7. The molecule has 34 heavy (non-hydrogen) atoms. The zero-order chi connectivity index (χ0) is 24.1. The van der Waals surface area contributed by atoms with Crippen molar-refractivity contribution < 1.29 is 18.7 Å². The van der Waals surface area contributed by atoms with Crippen LogP contribution in [0.25, 0.3) is 11.3 Å². The van der Waals surface area contributed by atoms with Gasteiger partial charge < -0.3 is 29.8 Å². The quantitative estimate of drug-likeness (QED) is 0.273. The zero-order valence-corrected chi connectivity index (χ0v) is 20.3. The van der Waals surface area contributed by atoms with Gasteiger partial charge in [0.25, 0.3) is 5.91 Å². The van der Waals surface area contributed by atoms with Gasteiger partial charge in [0, 0.05) is 23.0 Å². The normalized spacial score (nSPS) is 10.4. The second-order valence-corrected chi connectivity index (χ2v) is 8.33. The lowest BCUT2D eigenvalue weighted by molar-refractivity contribution is 0.103. The summed E-state index contributed by atoms with van der Waals surface area (Å²) in [6.45, 7) is 0. The highest BCUT2D eigenvalue weighted by molar-refractivity contribution is 7.80. The fraction of sp³-hybridized carbons (Fsp3) is 0.0909. The van der Waals surface area contributed by atoms with Gasteiger partial charge in [-0.3, -0.25) is 4.79 Å². The number of nitrogens with zero attached hydrogens (tertiary/aromatic N) is 2. The second-order valence-electron chi connectivity index (χ2n) is 6.76. The summed E-state index contributed by atoms with van der Waals surface area (Å²) in [5.41, 5.74) is 3.06. The minimum Gasteiger partial charge on any atom is -0.495 e. The van der Waals surface area contributed by atoms with E-state index in [4.69, 9.17) is 37.7 Å². The number of nitrogens with one attached hydrogen (secondary N) is 3. The van der Waals surface area contributed by atoms with Crippen LogP contribution in [0.5, 0.6) is 11.5 Å². The molecule has 4 rings (SSSR count). The largest absolute Gasteiger partial charge is 0.495 e. The third-order valence-electron chi connectivity index (χ3n) is 4.61. The fourth-order valence-corrected chi connectivity index (χ4v) is 4.05. The summed E-state index contributed by atoms with van der Waals surface area (Å²) >= 11 is 12.6. The van der Waals surface area contributed by atoms with E-state index in [0.29, 0.717) is 54.8 Å². The Kier molecular flexibility index (Phi) is 7.26. The molecular weight excluding hydrogens is 498 g/mol. The number of furan rings is 1. The highest BCUT2D eigenvalue weighted by Crippen LogP contribution is 2.36. The molecule has 0 bridgehead atoms. The van der Waals surface area contributed by atoms with E-state index in [1.807, 2.05) is 0 Å². The highest BCUT2D eigenvalue weighted by atomic mass is 35.5. The molecule has 1 amide bonds. The van der Waals surface area contributed by atoms with Gasteiger partial charge in [-0.1, -0.05) is 16.1 Å². The number of hydrogen-bond donors (Lipinski definition) is 3. The third-order valence-corrected chi connectivity index (χ3v) is 5.84. The number of hydrogen-bond acceptors (Lipinski definition) is 8. The van der Waals surface area contributed by atoms with Gasteiger partial charge in [0.2, 0.25) is 0 Å². The predicted molar refractivity (Wildman–Crippen MR) is 136 cm³/mol. The van der Waals surface area contributed by atoms with E-state index in [1.54, 1.807) is 42.5 Å². The first-order chi connectivity index (χ1) is 16.5. The Morgan fingerprint density at radius 3 is 2.38 bits per heavy atom.